The number of benzene rings is 2. The molecule has 0 spiro atoms. The molecule has 1 aliphatic carbocycles. The molecule has 0 radical (unpaired) electrons. The number of nitrogens with one attached hydrogen (secondary N) is 4. The fourth-order valence-corrected chi connectivity index (χ4v) is 6.54. The first kappa shape index (κ1) is 32.4. The van der Waals surface area contributed by atoms with Crippen LogP contribution in [0.1, 0.15) is 83.7 Å². The van der Waals surface area contributed by atoms with Crippen LogP contribution in [-0.2, 0) is 6.42 Å². The Morgan fingerprint density at radius 2 is 1.79 bits per heavy atom. The number of amides is 3. The molecule has 15 heteroatoms. The Bertz CT molecular complexity index is 1970. The maximum Gasteiger partial charge on any atom is 0.335 e. The number of piperidine rings is 1. The van der Waals surface area contributed by atoms with E-state index in [0.29, 0.717) is 48.7 Å². The number of carboxylic acid groups (broad SMARTS) is 1. The highest BCUT2D eigenvalue weighted by atomic mass is 35.5. The lowest BCUT2D eigenvalue weighted by Gasteiger charge is -2.32. The predicted molar refractivity (Wildman–Crippen MR) is 178 cm³/mol. The summed E-state index contributed by atoms with van der Waals surface area (Å²) >= 11 is 6.25. The van der Waals surface area contributed by atoms with Crippen molar-refractivity contribution in [2.24, 2.45) is 11.7 Å². The number of para-hydroxylation sites is 1. The van der Waals surface area contributed by atoms with E-state index in [1.54, 1.807) is 42.2 Å². The molecule has 48 heavy (non-hydrogen) atoms. The van der Waals surface area contributed by atoms with Gasteiger partial charge in [0.25, 0.3) is 17.7 Å². The number of nitrogens with two attached hydrogens (primary N) is 1. The van der Waals surface area contributed by atoms with Crippen LogP contribution >= 0.6 is 11.6 Å². The smallest absolute Gasteiger partial charge is 0.335 e. The van der Waals surface area contributed by atoms with Gasteiger partial charge in [0.15, 0.2) is 11.6 Å². The lowest BCUT2D eigenvalue weighted by molar-refractivity contribution is 0.0695. The molecule has 2 aromatic carbocycles. The quantitative estimate of drug-likeness (QED) is 0.120. The number of aromatic carboxylic acids is 1. The average molecular weight is 672 g/mol. The molecule has 2 aliphatic rings. The van der Waals surface area contributed by atoms with E-state index < -0.39 is 29.7 Å². The van der Waals surface area contributed by atoms with Gasteiger partial charge in [-0.2, -0.15) is 5.10 Å². The third-order valence-corrected chi connectivity index (χ3v) is 9.37. The van der Waals surface area contributed by atoms with Crippen molar-refractivity contribution in [2.75, 3.05) is 25.0 Å². The number of carbonyl (C=O) groups is 4. The lowest BCUT2D eigenvalue weighted by Crippen LogP contribution is -2.44. The fraction of sp³-hybridized carbons (Fsp3) is 0.303. The minimum atomic E-state index is -1.01. The topological polar surface area (TPSA) is 208 Å². The number of carbonyl (C=O) groups excluding carboxylic acids is 3. The molecule has 1 aliphatic heterocycles. The normalized spacial score (nSPS) is 16.0. The van der Waals surface area contributed by atoms with E-state index in [-0.39, 0.29) is 40.0 Å². The Kier molecular flexibility index (Phi) is 9.00. The zero-order valence-electron chi connectivity index (χ0n) is 26.0. The molecule has 4 aromatic rings. The van der Waals surface area contributed by atoms with Crippen LogP contribution in [0, 0.1) is 18.3 Å². The summed E-state index contributed by atoms with van der Waals surface area (Å²) in [5, 5.41) is 30.5. The Balaban J connectivity index is 1.29. The zero-order chi connectivity index (χ0) is 34.1. The van der Waals surface area contributed by atoms with Crippen LogP contribution in [0.15, 0.2) is 48.7 Å². The molecule has 1 fully saturated rings. The molecule has 3 heterocycles. The summed E-state index contributed by atoms with van der Waals surface area (Å²) in [4.78, 5) is 58.7. The highest BCUT2D eigenvalue weighted by Crippen LogP contribution is 2.35. The van der Waals surface area contributed by atoms with Gasteiger partial charge >= 0.3 is 5.97 Å². The molecular weight excluding hydrogens is 638 g/mol. The number of anilines is 1. The van der Waals surface area contributed by atoms with Crippen molar-refractivity contribution in [1.82, 2.24) is 30.1 Å². The standard InChI is InChI=1S/C33H34ClN9O5/c1-17-19-8-9-24(21(19)7-6-20(17)32(47)48)40-31(46)27-14-26(30(45)37-15-18-10-12-42(13-11-18)33(35)36)39-28-22(16-38-43(27)28)29(44)41-25-5-3-2-4-23(25)34/h2-7,14,16,18,24H,8-13,15H2,1H3,(H3,35,36)(H,37,45)(H,40,46)(H,41,44)(H,47,48)/t24-/m0/s1. The summed E-state index contributed by atoms with van der Waals surface area (Å²) in [6.07, 6.45) is 3.90. The van der Waals surface area contributed by atoms with Crippen molar-refractivity contribution in [1.29, 1.82) is 5.41 Å². The van der Waals surface area contributed by atoms with Crippen molar-refractivity contribution < 1.29 is 24.3 Å². The maximum atomic E-state index is 13.9. The summed E-state index contributed by atoms with van der Waals surface area (Å²) in [5.41, 5.74) is 8.50. The molecule has 0 saturated carbocycles. The van der Waals surface area contributed by atoms with Gasteiger partial charge in [-0.25, -0.2) is 14.3 Å². The van der Waals surface area contributed by atoms with Crippen molar-refractivity contribution >= 4 is 52.6 Å². The van der Waals surface area contributed by atoms with Crippen LogP contribution in [0.4, 0.5) is 5.69 Å². The first-order valence-corrected chi connectivity index (χ1v) is 15.9. The van der Waals surface area contributed by atoms with Crippen molar-refractivity contribution in [2.45, 2.75) is 38.6 Å². The Hall–Kier alpha value is -5.50. The van der Waals surface area contributed by atoms with Gasteiger partial charge < -0.3 is 31.7 Å². The average Bonchev–Trinajstić information content (AvgIpc) is 3.69. The first-order chi connectivity index (χ1) is 23.0. The SMILES string of the molecule is Cc1c(C(=O)O)ccc2c1CC[C@@H]2NC(=O)c1cc(C(=O)NCC2CCN(C(=N)N)CC2)nc2c(C(=O)Nc3ccccc3Cl)cnn12. The van der Waals surface area contributed by atoms with Gasteiger partial charge in [-0.3, -0.25) is 19.8 Å². The molecule has 1 atom stereocenters. The van der Waals surface area contributed by atoms with Crippen molar-refractivity contribution in [3.63, 3.8) is 0 Å². The molecule has 3 amide bonds. The summed E-state index contributed by atoms with van der Waals surface area (Å²) < 4.78 is 1.22. The van der Waals surface area contributed by atoms with Crippen LogP contribution < -0.4 is 21.7 Å². The number of carboxylic acids is 1. The molecule has 14 nitrogen and oxygen atoms in total. The number of guanidine groups is 1. The third-order valence-electron chi connectivity index (χ3n) is 9.04. The largest absolute Gasteiger partial charge is 0.478 e. The second-order valence-electron chi connectivity index (χ2n) is 12.0. The number of hydrogen-bond acceptors (Lipinski definition) is 7. The van der Waals surface area contributed by atoms with E-state index in [0.717, 1.165) is 24.0 Å². The maximum absolute atomic E-state index is 13.9. The van der Waals surface area contributed by atoms with Gasteiger partial charge in [0.05, 0.1) is 28.5 Å². The highest BCUT2D eigenvalue weighted by Gasteiger charge is 2.30. The number of hydrogen-bond donors (Lipinski definition) is 6. The highest BCUT2D eigenvalue weighted by molar-refractivity contribution is 6.34. The van der Waals surface area contributed by atoms with Crippen molar-refractivity contribution in [3.8, 4) is 0 Å². The summed E-state index contributed by atoms with van der Waals surface area (Å²) in [6.45, 7) is 3.35. The second-order valence-corrected chi connectivity index (χ2v) is 12.4. The van der Waals surface area contributed by atoms with Crippen LogP contribution in [0.5, 0.6) is 0 Å². The molecule has 2 aromatic heterocycles. The summed E-state index contributed by atoms with van der Waals surface area (Å²) in [7, 11) is 0. The van der Waals surface area contributed by atoms with E-state index in [9.17, 15) is 24.3 Å². The second kappa shape index (κ2) is 13.3. The van der Waals surface area contributed by atoms with Gasteiger partial charge in [0.1, 0.15) is 17.0 Å². The molecule has 6 rings (SSSR count). The molecular formula is C33H34ClN9O5. The number of likely N-dealkylation sites (tertiary alicyclic amines) is 1. The third kappa shape index (κ3) is 6.38. The number of nitrogens with zero attached hydrogens (tertiary/aromatic N) is 4. The van der Waals surface area contributed by atoms with Gasteiger partial charge in [-0.05, 0) is 73.4 Å². The van der Waals surface area contributed by atoms with Crippen LogP contribution in [0.25, 0.3) is 5.65 Å². The lowest BCUT2D eigenvalue weighted by atomic mass is 9.97. The number of fused-ring (bicyclic) bond motifs is 2. The van der Waals surface area contributed by atoms with E-state index in [1.807, 2.05) is 0 Å². The Morgan fingerprint density at radius 1 is 1.04 bits per heavy atom. The van der Waals surface area contributed by atoms with Crippen molar-refractivity contribution in [3.05, 3.63) is 92.9 Å². The minimum Gasteiger partial charge on any atom is -0.478 e. The first-order valence-electron chi connectivity index (χ1n) is 15.5. The minimum absolute atomic E-state index is 0.000821. The molecule has 0 unspecified atom stereocenters. The van der Waals surface area contributed by atoms with Gasteiger partial charge in [0.2, 0.25) is 0 Å². The van der Waals surface area contributed by atoms with E-state index in [1.165, 1.54) is 22.8 Å². The van der Waals surface area contributed by atoms with Gasteiger partial charge in [0, 0.05) is 25.7 Å². The molecule has 0 bridgehead atoms. The summed E-state index contributed by atoms with van der Waals surface area (Å²) in [5.74, 6) is -2.48. The Morgan fingerprint density at radius 3 is 2.50 bits per heavy atom. The molecule has 248 valence electrons. The molecule has 1 saturated heterocycles. The number of halogens is 1. The van der Waals surface area contributed by atoms with Crippen LogP contribution in [0.3, 0.4) is 0 Å². The number of rotatable bonds is 8. The van der Waals surface area contributed by atoms with E-state index in [4.69, 9.17) is 22.7 Å². The number of aromatic nitrogens is 3. The van der Waals surface area contributed by atoms with Gasteiger partial charge in [-0.1, -0.05) is 29.8 Å². The monoisotopic (exact) mass is 671 g/mol. The van der Waals surface area contributed by atoms with E-state index >= 15 is 0 Å². The van der Waals surface area contributed by atoms with Crippen LogP contribution in [-0.4, -0.2) is 73.9 Å². The van der Waals surface area contributed by atoms with Crippen LogP contribution in [0.2, 0.25) is 5.02 Å². The fourth-order valence-electron chi connectivity index (χ4n) is 6.35. The zero-order valence-corrected chi connectivity index (χ0v) is 26.8. The summed E-state index contributed by atoms with van der Waals surface area (Å²) in [6, 6.07) is 10.9. The molecule has 7 N–H and O–H groups in total. The van der Waals surface area contributed by atoms with E-state index in [2.05, 4.69) is 26.0 Å². The Labute approximate surface area is 280 Å². The van der Waals surface area contributed by atoms with Gasteiger partial charge in [-0.15, -0.1) is 0 Å². The predicted octanol–water partition coefficient (Wildman–Crippen LogP) is 3.39.